The average Bonchev–Trinajstić information content (AvgIpc) is 1.62. The standard InChI is InChI=1S/C4H7O4S/c1-2-4(5)3-9(6,7)8/h3H,2H2,1H3,(H,6,7,8). The van der Waals surface area contributed by atoms with Gasteiger partial charge in [0.05, 0.1) is 0 Å². The lowest BCUT2D eigenvalue weighted by Crippen LogP contribution is -2.06. The zero-order chi connectivity index (χ0) is 7.49. The molecule has 0 saturated carbocycles. The van der Waals surface area contributed by atoms with E-state index in [-0.39, 0.29) is 6.42 Å². The number of hydrogen-bond donors (Lipinski definition) is 1. The van der Waals surface area contributed by atoms with E-state index >= 15 is 0 Å². The third-order valence-corrected chi connectivity index (χ3v) is 1.19. The van der Waals surface area contributed by atoms with Crippen LogP contribution >= 0.6 is 0 Å². The van der Waals surface area contributed by atoms with Gasteiger partial charge in [0.1, 0.15) is 0 Å². The molecule has 0 aliphatic rings. The Balaban J connectivity index is 3.91. The van der Waals surface area contributed by atoms with Gasteiger partial charge in [0.15, 0.2) is 11.5 Å². The van der Waals surface area contributed by atoms with Gasteiger partial charge in [0, 0.05) is 6.42 Å². The van der Waals surface area contributed by atoms with Gasteiger partial charge in [-0.25, -0.2) is 0 Å². The molecular weight excluding hydrogens is 144 g/mol. The maximum atomic E-state index is 10.2. The molecule has 4 nitrogen and oxygen atoms in total. The van der Waals surface area contributed by atoms with E-state index in [1.165, 1.54) is 6.92 Å². The number of rotatable bonds is 3. The Kier molecular flexibility index (Phi) is 2.80. The summed E-state index contributed by atoms with van der Waals surface area (Å²) >= 11 is 0. The zero-order valence-corrected chi connectivity index (χ0v) is 5.68. The Morgan fingerprint density at radius 2 is 2.11 bits per heavy atom. The SMILES string of the molecule is CCC(=O)[CH]S(=O)(=O)O. The first-order valence-electron chi connectivity index (χ1n) is 2.31. The molecule has 0 heterocycles. The van der Waals surface area contributed by atoms with Gasteiger partial charge in [-0.15, -0.1) is 0 Å². The monoisotopic (exact) mass is 151 g/mol. The molecule has 0 unspecified atom stereocenters. The van der Waals surface area contributed by atoms with Crippen LogP contribution in [0.25, 0.3) is 0 Å². The summed E-state index contributed by atoms with van der Waals surface area (Å²) in [7, 11) is -4.21. The number of ketones is 1. The summed E-state index contributed by atoms with van der Waals surface area (Å²) in [6.07, 6.45) is 0.0831. The Morgan fingerprint density at radius 1 is 1.67 bits per heavy atom. The van der Waals surface area contributed by atoms with E-state index in [0.717, 1.165) is 0 Å². The van der Waals surface area contributed by atoms with Crippen molar-refractivity contribution >= 4 is 15.9 Å². The van der Waals surface area contributed by atoms with Crippen LogP contribution in [0.4, 0.5) is 0 Å². The van der Waals surface area contributed by atoms with Crippen LogP contribution in [0.3, 0.4) is 0 Å². The van der Waals surface area contributed by atoms with Gasteiger partial charge in [-0.3, -0.25) is 9.35 Å². The number of hydrogen-bond acceptors (Lipinski definition) is 3. The maximum absolute atomic E-state index is 10.2. The van der Waals surface area contributed by atoms with E-state index < -0.39 is 15.9 Å². The van der Waals surface area contributed by atoms with E-state index in [1.807, 2.05) is 0 Å². The third-order valence-electron chi connectivity index (χ3n) is 0.629. The number of Topliss-reactive ketones (excluding diaryl/α,β-unsaturated/α-hetero) is 1. The molecule has 0 aliphatic carbocycles. The first-order valence-corrected chi connectivity index (χ1v) is 3.81. The Labute approximate surface area is 53.6 Å². The van der Waals surface area contributed by atoms with Crippen LogP contribution < -0.4 is 0 Å². The van der Waals surface area contributed by atoms with Crippen molar-refractivity contribution in [1.29, 1.82) is 0 Å². The molecule has 9 heavy (non-hydrogen) atoms. The van der Waals surface area contributed by atoms with Crippen LogP contribution in [0, 0.1) is 5.75 Å². The van der Waals surface area contributed by atoms with Crippen molar-refractivity contribution in [2.45, 2.75) is 13.3 Å². The van der Waals surface area contributed by atoms with Crippen molar-refractivity contribution in [3.63, 3.8) is 0 Å². The van der Waals surface area contributed by atoms with E-state index in [0.29, 0.717) is 5.75 Å². The molecule has 0 aromatic heterocycles. The summed E-state index contributed by atoms with van der Waals surface area (Å²) < 4.78 is 27.8. The minimum absolute atomic E-state index is 0.0831. The minimum atomic E-state index is -4.21. The topological polar surface area (TPSA) is 71.4 Å². The Hall–Kier alpha value is -0.420. The molecule has 0 amide bonds. The fourth-order valence-corrected chi connectivity index (χ4v) is 0.748. The summed E-state index contributed by atoms with van der Waals surface area (Å²) in [6.45, 7) is 1.50. The lowest BCUT2D eigenvalue weighted by atomic mass is 10.4. The van der Waals surface area contributed by atoms with Crippen molar-refractivity contribution in [3.8, 4) is 0 Å². The van der Waals surface area contributed by atoms with Gasteiger partial charge in [0.25, 0.3) is 10.1 Å². The molecule has 0 saturated heterocycles. The predicted molar refractivity (Wildman–Crippen MR) is 31.1 cm³/mol. The number of carbonyl (C=O) groups excluding carboxylic acids is 1. The van der Waals surface area contributed by atoms with E-state index in [1.54, 1.807) is 0 Å². The van der Waals surface area contributed by atoms with Gasteiger partial charge in [0.2, 0.25) is 0 Å². The fraction of sp³-hybridized carbons (Fsp3) is 0.500. The third kappa shape index (κ3) is 5.45. The molecule has 5 heteroatoms. The van der Waals surface area contributed by atoms with Gasteiger partial charge < -0.3 is 0 Å². The molecule has 53 valence electrons. The van der Waals surface area contributed by atoms with Crippen molar-refractivity contribution in [2.75, 3.05) is 0 Å². The van der Waals surface area contributed by atoms with E-state index in [9.17, 15) is 13.2 Å². The first-order chi connectivity index (χ1) is 3.95. The van der Waals surface area contributed by atoms with Crippen molar-refractivity contribution in [3.05, 3.63) is 5.75 Å². The van der Waals surface area contributed by atoms with Gasteiger partial charge in [-0.05, 0) is 0 Å². The van der Waals surface area contributed by atoms with Crippen LogP contribution in [0.5, 0.6) is 0 Å². The highest BCUT2D eigenvalue weighted by atomic mass is 32.2. The molecule has 0 bridgehead atoms. The maximum Gasteiger partial charge on any atom is 0.276 e. The largest absolute Gasteiger partial charge is 0.298 e. The average molecular weight is 151 g/mol. The van der Waals surface area contributed by atoms with E-state index in [2.05, 4.69) is 0 Å². The smallest absolute Gasteiger partial charge is 0.276 e. The summed E-state index contributed by atoms with van der Waals surface area (Å²) in [5.74, 6) is -0.301. The number of carbonyl (C=O) groups is 1. The summed E-state index contributed by atoms with van der Waals surface area (Å²) in [5.41, 5.74) is 0. The van der Waals surface area contributed by atoms with Crippen LogP contribution in [0.2, 0.25) is 0 Å². The van der Waals surface area contributed by atoms with Crippen molar-refractivity contribution < 1.29 is 17.8 Å². The highest BCUT2D eigenvalue weighted by Crippen LogP contribution is 1.93. The first kappa shape index (κ1) is 8.58. The van der Waals surface area contributed by atoms with Crippen molar-refractivity contribution in [1.82, 2.24) is 0 Å². The second kappa shape index (κ2) is 2.93. The molecular formula is C4H7O4S. The van der Waals surface area contributed by atoms with Gasteiger partial charge >= 0.3 is 0 Å². The lowest BCUT2D eigenvalue weighted by molar-refractivity contribution is -0.114. The second-order valence-corrected chi connectivity index (χ2v) is 2.72. The Bertz CT molecular complexity index is 191. The molecule has 0 aliphatic heterocycles. The van der Waals surface area contributed by atoms with Crippen molar-refractivity contribution in [2.24, 2.45) is 0 Å². The second-order valence-electron chi connectivity index (χ2n) is 1.45. The normalized spacial score (nSPS) is 11.3. The molecule has 0 atom stereocenters. The molecule has 0 rings (SSSR count). The molecule has 0 aromatic carbocycles. The van der Waals surface area contributed by atoms with E-state index in [4.69, 9.17) is 4.55 Å². The van der Waals surface area contributed by atoms with Crippen LogP contribution in [-0.2, 0) is 14.9 Å². The predicted octanol–water partition coefficient (Wildman–Crippen LogP) is 0.0151. The highest BCUT2D eigenvalue weighted by molar-refractivity contribution is 7.88. The molecule has 0 fully saturated rings. The summed E-state index contributed by atoms with van der Waals surface area (Å²) in [5, 5.41) is 0. The lowest BCUT2D eigenvalue weighted by Gasteiger charge is -1.89. The fourth-order valence-electron chi connectivity index (χ4n) is 0.249. The molecule has 1 radical (unpaired) electrons. The molecule has 1 N–H and O–H groups in total. The van der Waals surface area contributed by atoms with Crippen LogP contribution in [0.15, 0.2) is 0 Å². The summed E-state index contributed by atoms with van der Waals surface area (Å²) in [4.78, 5) is 10.2. The van der Waals surface area contributed by atoms with Gasteiger partial charge in [-0.1, -0.05) is 6.92 Å². The molecule has 0 aromatic rings. The zero-order valence-electron chi connectivity index (χ0n) is 4.86. The quantitative estimate of drug-likeness (QED) is 0.577. The van der Waals surface area contributed by atoms with Crippen LogP contribution in [0.1, 0.15) is 13.3 Å². The van der Waals surface area contributed by atoms with Gasteiger partial charge in [-0.2, -0.15) is 8.42 Å². The van der Waals surface area contributed by atoms with Crippen LogP contribution in [-0.4, -0.2) is 18.8 Å². The Morgan fingerprint density at radius 3 is 2.22 bits per heavy atom. The summed E-state index contributed by atoms with van der Waals surface area (Å²) in [6, 6.07) is 0. The minimum Gasteiger partial charge on any atom is -0.298 e. The highest BCUT2D eigenvalue weighted by Gasteiger charge is 2.10. The molecule has 0 spiro atoms.